The molecule has 0 spiro atoms. The van der Waals surface area contributed by atoms with Crippen molar-refractivity contribution in [3.63, 3.8) is 0 Å². The number of hydrogen-bond donors (Lipinski definition) is 0. The minimum atomic E-state index is -0.653. The first kappa shape index (κ1) is 19.8. The Bertz CT molecular complexity index is 1070. The van der Waals surface area contributed by atoms with Gasteiger partial charge in [0.25, 0.3) is 0 Å². The summed E-state index contributed by atoms with van der Waals surface area (Å²) in [5.41, 5.74) is 2.87. The lowest BCUT2D eigenvalue weighted by Gasteiger charge is -2.19. The summed E-state index contributed by atoms with van der Waals surface area (Å²) in [4.78, 5) is 24.1. The van der Waals surface area contributed by atoms with E-state index in [0.29, 0.717) is 24.1 Å². The van der Waals surface area contributed by atoms with Gasteiger partial charge in [-0.2, -0.15) is 5.10 Å². The Morgan fingerprint density at radius 2 is 1.87 bits per heavy atom. The smallest absolute Gasteiger partial charge is 0.331 e. The first-order valence-electron chi connectivity index (χ1n) is 9.92. The second-order valence-electron chi connectivity index (χ2n) is 7.19. The third-order valence-corrected chi connectivity index (χ3v) is 5.04. The maximum atomic E-state index is 13.4. The largest absolute Gasteiger partial charge is 0.451 e. The van der Waals surface area contributed by atoms with Crippen LogP contribution in [-0.4, -0.2) is 27.6 Å². The lowest BCUT2D eigenvalue weighted by atomic mass is 9.96. The van der Waals surface area contributed by atoms with Crippen LogP contribution in [0.1, 0.15) is 31.2 Å². The molecule has 1 saturated carbocycles. The Morgan fingerprint density at radius 1 is 1.10 bits per heavy atom. The standard InChI is InChI=1S/C24H21FN2O3/c25-19-13-10-17(11-14-19)24-18(16-27(26-24)20-6-2-1-3-7-20)12-15-23(29)30-22-9-5-4-8-21(22)28/h1-3,6-7,10-16,22H,4-5,8-9H2/b15-12+/t22-/m1/s1. The van der Waals surface area contributed by atoms with Crippen LogP contribution in [0.2, 0.25) is 0 Å². The lowest BCUT2D eigenvalue weighted by molar-refractivity contribution is -0.152. The van der Waals surface area contributed by atoms with E-state index in [0.717, 1.165) is 24.1 Å². The number of ketones is 1. The zero-order valence-corrected chi connectivity index (χ0v) is 16.3. The number of hydrogen-bond acceptors (Lipinski definition) is 4. The molecule has 1 aromatic heterocycles. The van der Waals surface area contributed by atoms with Crippen LogP contribution in [0.15, 0.2) is 66.9 Å². The summed E-state index contributed by atoms with van der Waals surface area (Å²) in [5.74, 6) is -0.918. The fourth-order valence-corrected chi connectivity index (χ4v) is 3.47. The molecule has 6 heteroatoms. The molecular formula is C24H21FN2O3. The Balaban J connectivity index is 1.61. The number of nitrogens with zero attached hydrogens (tertiary/aromatic N) is 2. The lowest BCUT2D eigenvalue weighted by Crippen LogP contribution is -2.29. The summed E-state index contributed by atoms with van der Waals surface area (Å²) >= 11 is 0. The summed E-state index contributed by atoms with van der Waals surface area (Å²) in [6, 6.07) is 15.6. The van der Waals surface area contributed by atoms with Crippen LogP contribution in [-0.2, 0) is 14.3 Å². The van der Waals surface area contributed by atoms with Crippen LogP contribution >= 0.6 is 0 Å². The van der Waals surface area contributed by atoms with Crippen LogP contribution in [0.5, 0.6) is 0 Å². The number of halogens is 1. The molecule has 0 bridgehead atoms. The van der Waals surface area contributed by atoms with E-state index in [4.69, 9.17) is 4.74 Å². The molecule has 1 aliphatic carbocycles. The Kier molecular flexibility index (Phi) is 5.84. The average Bonchev–Trinajstić information content (AvgIpc) is 3.19. The second kappa shape index (κ2) is 8.86. The molecule has 5 nitrogen and oxygen atoms in total. The molecular weight excluding hydrogens is 383 g/mol. The van der Waals surface area contributed by atoms with E-state index in [1.165, 1.54) is 18.2 Å². The van der Waals surface area contributed by atoms with E-state index in [1.54, 1.807) is 29.1 Å². The molecule has 0 amide bonds. The van der Waals surface area contributed by atoms with E-state index in [-0.39, 0.29) is 11.6 Å². The summed E-state index contributed by atoms with van der Waals surface area (Å²) in [7, 11) is 0. The molecule has 152 valence electrons. The molecule has 3 aromatic rings. The number of Topliss-reactive ketones (excluding diaryl/α,β-unsaturated/α-hetero) is 1. The van der Waals surface area contributed by atoms with Crippen LogP contribution in [0, 0.1) is 5.82 Å². The van der Waals surface area contributed by atoms with Gasteiger partial charge in [-0.1, -0.05) is 18.2 Å². The first-order valence-corrected chi connectivity index (χ1v) is 9.92. The fourth-order valence-electron chi connectivity index (χ4n) is 3.47. The number of carbonyl (C=O) groups excluding carboxylic acids is 2. The van der Waals surface area contributed by atoms with Crippen molar-refractivity contribution in [1.29, 1.82) is 0 Å². The van der Waals surface area contributed by atoms with E-state index < -0.39 is 12.1 Å². The van der Waals surface area contributed by atoms with Crippen LogP contribution < -0.4 is 0 Å². The number of esters is 1. The van der Waals surface area contributed by atoms with Crippen LogP contribution in [0.25, 0.3) is 23.0 Å². The minimum absolute atomic E-state index is 0.0214. The molecule has 0 unspecified atom stereocenters. The van der Waals surface area contributed by atoms with Gasteiger partial charge >= 0.3 is 5.97 Å². The first-order chi connectivity index (χ1) is 14.6. The molecule has 30 heavy (non-hydrogen) atoms. The highest BCUT2D eigenvalue weighted by Crippen LogP contribution is 2.25. The van der Waals surface area contributed by atoms with Crippen LogP contribution in [0.4, 0.5) is 4.39 Å². The molecule has 1 heterocycles. The molecule has 1 fully saturated rings. The van der Waals surface area contributed by atoms with Gasteiger partial charge in [-0.25, -0.2) is 13.9 Å². The van der Waals surface area contributed by atoms with Crippen molar-refractivity contribution >= 4 is 17.8 Å². The fraction of sp³-hybridized carbons (Fsp3) is 0.208. The molecule has 0 aliphatic heterocycles. The molecule has 1 atom stereocenters. The summed E-state index contributed by atoms with van der Waals surface area (Å²) in [5, 5.41) is 4.62. The number of carbonyl (C=O) groups is 2. The highest BCUT2D eigenvalue weighted by atomic mass is 19.1. The van der Waals surface area contributed by atoms with Crippen molar-refractivity contribution in [3.05, 3.63) is 78.3 Å². The SMILES string of the molecule is O=C(/C=C/c1cn(-c2ccccc2)nc1-c1ccc(F)cc1)O[C@@H]1CCCCC1=O. The minimum Gasteiger partial charge on any atom is -0.451 e. The maximum Gasteiger partial charge on any atom is 0.331 e. The predicted octanol–water partition coefficient (Wildman–Crippen LogP) is 4.75. The zero-order chi connectivity index (χ0) is 20.9. The Hall–Kier alpha value is -3.54. The van der Waals surface area contributed by atoms with Gasteiger partial charge < -0.3 is 4.74 Å². The van der Waals surface area contributed by atoms with Crippen LogP contribution in [0.3, 0.4) is 0 Å². The second-order valence-corrected chi connectivity index (χ2v) is 7.19. The normalized spacial score (nSPS) is 16.7. The molecule has 2 aromatic carbocycles. The van der Waals surface area contributed by atoms with Crippen molar-refractivity contribution in [1.82, 2.24) is 9.78 Å². The monoisotopic (exact) mass is 404 g/mol. The third kappa shape index (κ3) is 4.54. The Morgan fingerprint density at radius 3 is 2.60 bits per heavy atom. The molecule has 0 saturated heterocycles. The molecule has 4 rings (SSSR count). The maximum absolute atomic E-state index is 13.4. The van der Waals surface area contributed by atoms with Crippen molar-refractivity contribution in [2.75, 3.05) is 0 Å². The number of para-hydroxylation sites is 1. The summed E-state index contributed by atoms with van der Waals surface area (Å²) in [6.45, 7) is 0. The average molecular weight is 404 g/mol. The highest BCUT2D eigenvalue weighted by molar-refractivity contribution is 5.92. The van der Waals surface area contributed by atoms with E-state index in [9.17, 15) is 14.0 Å². The quantitative estimate of drug-likeness (QED) is 0.455. The Labute approximate surface area is 173 Å². The molecule has 0 radical (unpaired) electrons. The molecule has 1 aliphatic rings. The summed E-state index contributed by atoms with van der Waals surface area (Å²) < 4.78 is 20.4. The zero-order valence-electron chi connectivity index (χ0n) is 16.3. The van der Waals surface area contributed by atoms with Gasteiger partial charge in [-0.05, 0) is 61.7 Å². The van der Waals surface area contributed by atoms with Crippen molar-refractivity contribution < 1.29 is 18.7 Å². The number of benzene rings is 2. The molecule has 0 N–H and O–H groups in total. The number of rotatable bonds is 5. The van der Waals surface area contributed by atoms with Gasteiger partial charge in [-0.15, -0.1) is 0 Å². The predicted molar refractivity (Wildman–Crippen MR) is 111 cm³/mol. The van der Waals surface area contributed by atoms with Crippen molar-refractivity contribution in [3.8, 4) is 16.9 Å². The van der Waals surface area contributed by atoms with E-state index in [2.05, 4.69) is 5.10 Å². The summed E-state index contributed by atoms with van der Waals surface area (Å²) in [6.07, 6.45) is 6.82. The van der Waals surface area contributed by atoms with Gasteiger partial charge in [0.15, 0.2) is 11.9 Å². The van der Waals surface area contributed by atoms with Gasteiger partial charge in [-0.3, -0.25) is 4.79 Å². The van der Waals surface area contributed by atoms with E-state index >= 15 is 0 Å². The van der Waals surface area contributed by atoms with E-state index in [1.807, 2.05) is 30.3 Å². The number of aromatic nitrogens is 2. The van der Waals surface area contributed by atoms with Gasteiger partial charge in [0.05, 0.1) is 11.4 Å². The topological polar surface area (TPSA) is 61.2 Å². The third-order valence-electron chi connectivity index (χ3n) is 5.04. The number of ether oxygens (including phenoxy) is 1. The van der Waals surface area contributed by atoms with Gasteiger partial charge in [0.1, 0.15) is 5.82 Å². The van der Waals surface area contributed by atoms with Gasteiger partial charge in [0, 0.05) is 29.8 Å². The van der Waals surface area contributed by atoms with Gasteiger partial charge in [0.2, 0.25) is 0 Å². The van der Waals surface area contributed by atoms with Crippen molar-refractivity contribution in [2.45, 2.75) is 31.8 Å². The van der Waals surface area contributed by atoms with Crippen molar-refractivity contribution in [2.24, 2.45) is 0 Å². The highest BCUT2D eigenvalue weighted by Gasteiger charge is 2.25.